The van der Waals surface area contributed by atoms with Crippen molar-refractivity contribution < 1.29 is 19.4 Å². The Morgan fingerprint density at radius 1 is 1.06 bits per heavy atom. The Labute approximate surface area is 209 Å². The van der Waals surface area contributed by atoms with Gasteiger partial charge in [0, 0.05) is 37.6 Å². The number of benzene rings is 1. The summed E-state index contributed by atoms with van der Waals surface area (Å²) >= 11 is 12.0. The van der Waals surface area contributed by atoms with E-state index in [1.165, 1.54) is 12.4 Å². The molecule has 2 aromatic carbocycles. The third kappa shape index (κ3) is 5.29. The standard InChI is InChI=1S/C23H20Cl2N4O6/c24-14-10-26-11-15(25)17(14)22(32)27-13-3-1-12(2-4-13)9-16(23(33)34)28-18-19(21(31)20(18)30)29-5-7-35-8-6-29/h1-4,10-11,16,28H,5-9H2,(H,27,32)(H,33,34)/t16-/m0/s1. The molecule has 0 aliphatic carbocycles. The Bertz CT molecular complexity index is 1310. The second-order valence-corrected chi connectivity index (χ2v) is 8.66. The minimum Gasteiger partial charge on any atom is -0.480 e. The third-order valence-corrected chi connectivity index (χ3v) is 6.13. The highest BCUT2D eigenvalue weighted by atomic mass is 35.5. The lowest BCUT2D eigenvalue weighted by atomic mass is 10.0. The van der Waals surface area contributed by atoms with Crippen molar-refractivity contribution in [2.75, 3.05) is 41.8 Å². The van der Waals surface area contributed by atoms with Crippen LogP contribution in [0.25, 0.3) is 0 Å². The maximum absolute atomic E-state index is 12.5. The van der Waals surface area contributed by atoms with E-state index in [1.54, 1.807) is 29.2 Å². The number of anilines is 3. The molecule has 3 aromatic rings. The number of aromatic nitrogens is 1. The van der Waals surface area contributed by atoms with Gasteiger partial charge in [0.1, 0.15) is 17.4 Å². The van der Waals surface area contributed by atoms with Crippen LogP contribution in [0.15, 0.2) is 46.2 Å². The third-order valence-electron chi connectivity index (χ3n) is 5.56. The van der Waals surface area contributed by atoms with Gasteiger partial charge in [0.05, 0.1) is 28.8 Å². The highest BCUT2D eigenvalue weighted by Crippen LogP contribution is 2.25. The van der Waals surface area contributed by atoms with E-state index in [9.17, 15) is 24.3 Å². The van der Waals surface area contributed by atoms with E-state index in [-0.39, 0.29) is 33.4 Å². The zero-order valence-electron chi connectivity index (χ0n) is 18.2. The molecule has 182 valence electrons. The molecule has 35 heavy (non-hydrogen) atoms. The van der Waals surface area contributed by atoms with Gasteiger partial charge in [-0.1, -0.05) is 35.3 Å². The van der Waals surface area contributed by atoms with Crippen LogP contribution in [0.4, 0.5) is 17.1 Å². The topological polar surface area (TPSA) is 138 Å². The number of carboxylic acids is 1. The first kappa shape index (κ1) is 24.6. The van der Waals surface area contributed by atoms with Crippen LogP contribution in [0.5, 0.6) is 0 Å². The smallest absolute Gasteiger partial charge is 0.326 e. The molecule has 0 unspecified atom stereocenters. The minimum absolute atomic E-state index is 0.0132. The van der Waals surface area contributed by atoms with Gasteiger partial charge in [0.25, 0.3) is 16.8 Å². The van der Waals surface area contributed by atoms with Crippen LogP contribution in [0.2, 0.25) is 10.0 Å². The van der Waals surface area contributed by atoms with Gasteiger partial charge in [-0.05, 0) is 17.7 Å². The summed E-state index contributed by atoms with van der Waals surface area (Å²) in [4.78, 5) is 54.2. The molecule has 1 saturated heterocycles. The molecule has 0 spiro atoms. The van der Waals surface area contributed by atoms with Gasteiger partial charge in [-0.15, -0.1) is 0 Å². The van der Waals surface area contributed by atoms with E-state index >= 15 is 0 Å². The first-order chi connectivity index (χ1) is 16.8. The summed E-state index contributed by atoms with van der Waals surface area (Å²) in [5.74, 6) is -1.69. The fourth-order valence-corrected chi connectivity index (χ4v) is 4.29. The van der Waals surface area contributed by atoms with Crippen molar-refractivity contribution in [3.63, 3.8) is 0 Å². The fourth-order valence-electron chi connectivity index (χ4n) is 3.76. The Morgan fingerprint density at radius 3 is 2.29 bits per heavy atom. The number of rotatable bonds is 8. The van der Waals surface area contributed by atoms with Crippen LogP contribution in [0.3, 0.4) is 0 Å². The molecular formula is C23H20Cl2N4O6. The molecule has 12 heteroatoms. The highest BCUT2D eigenvalue weighted by molar-refractivity contribution is 6.40. The fraction of sp³-hybridized carbons (Fsp3) is 0.261. The van der Waals surface area contributed by atoms with Crippen molar-refractivity contribution in [1.29, 1.82) is 0 Å². The molecule has 1 aliphatic rings. The lowest BCUT2D eigenvalue weighted by Crippen LogP contribution is -2.48. The molecule has 1 aromatic heterocycles. The minimum atomic E-state index is -1.18. The summed E-state index contributed by atoms with van der Waals surface area (Å²) < 4.78 is 5.27. The van der Waals surface area contributed by atoms with Crippen molar-refractivity contribution in [1.82, 2.24) is 4.98 Å². The number of morpholine rings is 1. The second-order valence-electron chi connectivity index (χ2n) is 7.85. The van der Waals surface area contributed by atoms with Gasteiger partial charge >= 0.3 is 5.97 Å². The molecule has 1 amide bonds. The normalized spacial score (nSPS) is 14.5. The molecule has 4 rings (SSSR count). The Kier molecular flexibility index (Phi) is 7.34. The van der Waals surface area contributed by atoms with Crippen LogP contribution in [-0.4, -0.2) is 54.3 Å². The monoisotopic (exact) mass is 518 g/mol. The van der Waals surface area contributed by atoms with Crippen LogP contribution in [0.1, 0.15) is 15.9 Å². The summed E-state index contributed by atoms with van der Waals surface area (Å²) in [5, 5.41) is 15.3. The number of hydrogen-bond donors (Lipinski definition) is 3. The number of nitrogens with zero attached hydrogens (tertiary/aromatic N) is 2. The van der Waals surface area contributed by atoms with Gasteiger partial charge in [0.15, 0.2) is 0 Å². The van der Waals surface area contributed by atoms with Gasteiger partial charge in [0.2, 0.25) is 0 Å². The second kappa shape index (κ2) is 10.4. The van der Waals surface area contributed by atoms with Crippen molar-refractivity contribution in [2.24, 2.45) is 0 Å². The maximum Gasteiger partial charge on any atom is 0.326 e. The maximum atomic E-state index is 12.5. The average Bonchev–Trinajstić information content (AvgIpc) is 2.84. The van der Waals surface area contributed by atoms with Gasteiger partial charge in [-0.2, -0.15) is 0 Å². The molecule has 0 bridgehead atoms. The molecule has 2 heterocycles. The number of halogens is 2. The molecule has 1 atom stereocenters. The van der Waals surface area contributed by atoms with E-state index in [0.717, 1.165) is 0 Å². The number of amides is 1. The van der Waals surface area contributed by atoms with Crippen molar-refractivity contribution >= 4 is 52.1 Å². The van der Waals surface area contributed by atoms with Crippen LogP contribution >= 0.6 is 23.2 Å². The summed E-state index contributed by atoms with van der Waals surface area (Å²) in [7, 11) is 0. The molecule has 3 N–H and O–H groups in total. The predicted octanol–water partition coefficient (Wildman–Crippen LogP) is 2.18. The number of carbonyl (C=O) groups excluding carboxylic acids is 1. The lowest BCUT2D eigenvalue weighted by Gasteiger charge is -2.31. The van der Waals surface area contributed by atoms with Crippen LogP contribution in [0, 0.1) is 0 Å². The average molecular weight is 519 g/mol. The molecule has 0 radical (unpaired) electrons. The van der Waals surface area contributed by atoms with Gasteiger partial charge in [-0.3, -0.25) is 19.4 Å². The summed E-state index contributed by atoms with van der Waals surface area (Å²) in [6.45, 7) is 1.73. The number of carboxylic acid groups (broad SMARTS) is 1. The Morgan fingerprint density at radius 2 is 1.69 bits per heavy atom. The first-order valence-electron chi connectivity index (χ1n) is 10.6. The van der Waals surface area contributed by atoms with E-state index in [0.29, 0.717) is 37.6 Å². The number of hydrogen-bond acceptors (Lipinski definition) is 8. The summed E-state index contributed by atoms with van der Waals surface area (Å²) in [5.41, 5.74) is 0.0216. The van der Waals surface area contributed by atoms with Gasteiger partial charge < -0.3 is 25.4 Å². The molecule has 1 fully saturated rings. The lowest BCUT2D eigenvalue weighted by molar-refractivity contribution is -0.137. The quantitative estimate of drug-likeness (QED) is 0.383. The van der Waals surface area contributed by atoms with Crippen LogP contribution in [-0.2, 0) is 16.0 Å². The summed E-state index contributed by atoms with van der Waals surface area (Å²) in [6, 6.07) is 5.35. The first-order valence-corrected chi connectivity index (χ1v) is 11.4. The van der Waals surface area contributed by atoms with E-state index in [4.69, 9.17) is 27.9 Å². The number of pyridine rings is 1. The van der Waals surface area contributed by atoms with Crippen molar-refractivity contribution in [3.05, 3.63) is 78.3 Å². The van der Waals surface area contributed by atoms with Gasteiger partial charge in [-0.25, -0.2) is 4.79 Å². The number of ether oxygens (including phenoxy) is 1. The van der Waals surface area contributed by atoms with E-state index in [1.807, 2.05) is 0 Å². The zero-order chi connectivity index (χ0) is 25.1. The summed E-state index contributed by atoms with van der Waals surface area (Å²) in [6.07, 6.45) is 2.66. The van der Waals surface area contributed by atoms with Crippen LogP contribution < -0.4 is 26.4 Å². The Hall–Kier alpha value is -3.47. The molecule has 10 nitrogen and oxygen atoms in total. The number of carbonyl (C=O) groups is 2. The van der Waals surface area contributed by atoms with E-state index in [2.05, 4.69) is 15.6 Å². The molecule has 0 saturated carbocycles. The molecular weight excluding hydrogens is 499 g/mol. The predicted molar refractivity (Wildman–Crippen MR) is 132 cm³/mol. The molecule has 1 aliphatic heterocycles. The highest BCUT2D eigenvalue weighted by Gasteiger charge is 2.30. The van der Waals surface area contributed by atoms with Crippen molar-refractivity contribution in [2.45, 2.75) is 12.5 Å². The van der Waals surface area contributed by atoms with E-state index < -0.39 is 28.8 Å². The SMILES string of the molecule is O=C(Nc1ccc(C[C@H](Nc2c(N3CCOCC3)c(=O)c2=O)C(=O)O)cc1)c1c(Cl)cncc1Cl. The number of nitrogens with one attached hydrogen (secondary N) is 2. The zero-order valence-corrected chi connectivity index (χ0v) is 19.7. The van der Waals surface area contributed by atoms with Crippen molar-refractivity contribution in [3.8, 4) is 0 Å². The number of aliphatic carboxylic acids is 1. The Balaban J connectivity index is 1.45. The largest absolute Gasteiger partial charge is 0.480 e.